The molecule has 0 bridgehead atoms. The summed E-state index contributed by atoms with van der Waals surface area (Å²) in [5.41, 5.74) is -1.59. The van der Waals surface area contributed by atoms with Gasteiger partial charge in [0.25, 0.3) is 5.91 Å². The molecule has 4 aromatic rings. The summed E-state index contributed by atoms with van der Waals surface area (Å²) >= 11 is 0. The largest absolute Gasteiger partial charge is 0.350 e. The van der Waals surface area contributed by atoms with Crippen LogP contribution in [0.15, 0.2) is 48.7 Å². The highest BCUT2D eigenvalue weighted by Gasteiger charge is 2.42. The van der Waals surface area contributed by atoms with Crippen molar-refractivity contribution in [1.82, 2.24) is 24.9 Å². The molecule has 1 amide bonds. The van der Waals surface area contributed by atoms with E-state index in [0.717, 1.165) is 18.2 Å². The van der Waals surface area contributed by atoms with Gasteiger partial charge in [0.05, 0.1) is 27.7 Å². The Hall–Kier alpha value is -4.35. The third kappa shape index (κ3) is 4.37. The van der Waals surface area contributed by atoms with Crippen LogP contribution in [-0.4, -0.2) is 37.3 Å². The zero-order valence-corrected chi connectivity index (χ0v) is 19.4. The molecule has 0 saturated heterocycles. The Bertz CT molecular complexity index is 1570. The minimum atomic E-state index is -4.16. The highest BCUT2D eigenvalue weighted by atomic mass is 19.3. The maximum absolute atomic E-state index is 15.3. The van der Waals surface area contributed by atoms with Gasteiger partial charge < -0.3 is 5.32 Å². The van der Waals surface area contributed by atoms with E-state index in [0.29, 0.717) is 4.68 Å². The standard InChI is InChI=1S/C24H21F4N7O/c1-12(2)31-22(36)14-5-4-13(10-17(14)25)18-8-9-20(29)35(33-18)23(30)24(27,28)16-6-7-19-15(21(16)26)11-34(3)32-19/h4-12,29-30H,1-3H3,(H,31,36). The molecule has 0 fully saturated rings. The lowest BCUT2D eigenvalue weighted by molar-refractivity contribution is 0.0657. The minimum Gasteiger partial charge on any atom is -0.350 e. The van der Waals surface area contributed by atoms with E-state index < -0.39 is 40.4 Å². The molecule has 2 aromatic heterocycles. The number of nitrogens with zero attached hydrogens (tertiary/aromatic N) is 4. The van der Waals surface area contributed by atoms with Crippen LogP contribution in [0.5, 0.6) is 0 Å². The molecule has 0 aliphatic heterocycles. The maximum atomic E-state index is 15.3. The summed E-state index contributed by atoms with van der Waals surface area (Å²) in [5, 5.41) is 26.4. The van der Waals surface area contributed by atoms with Crippen LogP contribution in [0, 0.1) is 22.5 Å². The van der Waals surface area contributed by atoms with Crippen molar-refractivity contribution in [1.29, 1.82) is 10.8 Å². The van der Waals surface area contributed by atoms with Gasteiger partial charge in [-0.15, -0.1) is 0 Å². The first-order valence-electron chi connectivity index (χ1n) is 10.8. The molecule has 0 aliphatic rings. The average Bonchev–Trinajstić information content (AvgIpc) is 3.19. The third-order valence-corrected chi connectivity index (χ3v) is 5.35. The third-order valence-electron chi connectivity index (χ3n) is 5.35. The van der Waals surface area contributed by atoms with Gasteiger partial charge >= 0.3 is 5.92 Å². The number of halogens is 4. The van der Waals surface area contributed by atoms with E-state index in [-0.39, 0.29) is 33.8 Å². The summed E-state index contributed by atoms with van der Waals surface area (Å²) in [5.74, 6) is -8.35. The van der Waals surface area contributed by atoms with Crippen molar-refractivity contribution in [3.8, 4) is 11.3 Å². The van der Waals surface area contributed by atoms with E-state index in [9.17, 15) is 13.6 Å². The second kappa shape index (κ2) is 9.02. The van der Waals surface area contributed by atoms with Gasteiger partial charge in [0.2, 0.25) is 0 Å². The van der Waals surface area contributed by atoms with Gasteiger partial charge in [0, 0.05) is 24.8 Å². The van der Waals surface area contributed by atoms with Crippen LogP contribution in [0.1, 0.15) is 29.8 Å². The molecule has 4 rings (SSSR count). The van der Waals surface area contributed by atoms with E-state index in [1.807, 2.05) is 0 Å². The molecule has 0 saturated carbocycles. The Morgan fingerprint density at radius 3 is 2.47 bits per heavy atom. The summed E-state index contributed by atoms with van der Waals surface area (Å²) in [6, 6.07) is 7.82. The number of hydrogen-bond acceptors (Lipinski definition) is 5. The Morgan fingerprint density at radius 2 is 1.81 bits per heavy atom. The number of benzene rings is 2. The molecule has 12 heteroatoms. The quantitative estimate of drug-likeness (QED) is 0.220. The SMILES string of the molecule is CC(C)NC(=O)c1ccc(-c2ccc(=N)n(C(=N)C(F)(F)c3ccc4nn(C)cc4c3F)n2)cc1F. The first-order chi connectivity index (χ1) is 16.9. The van der Waals surface area contributed by atoms with Crippen LogP contribution in [-0.2, 0) is 13.0 Å². The summed E-state index contributed by atoms with van der Waals surface area (Å²) < 4.78 is 61.8. The lowest BCUT2D eigenvalue weighted by Crippen LogP contribution is -2.40. The number of amides is 1. The van der Waals surface area contributed by atoms with Gasteiger partial charge in [-0.2, -0.15) is 23.7 Å². The van der Waals surface area contributed by atoms with Crippen LogP contribution in [0.2, 0.25) is 0 Å². The number of fused-ring (bicyclic) bond motifs is 1. The summed E-state index contributed by atoms with van der Waals surface area (Å²) in [6.07, 6.45) is 1.25. The topological polar surface area (TPSA) is 112 Å². The molecule has 3 N–H and O–H groups in total. The van der Waals surface area contributed by atoms with Crippen molar-refractivity contribution < 1.29 is 22.4 Å². The number of hydrogen-bond donors (Lipinski definition) is 3. The Balaban J connectivity index is 1.72. The van der Waals surface area contributed by atoms with Crippen LogP contribution < -0.4 is 10.8 Å². The second-order valence-corrected chi connectivity index (χ2v) is 8.42. The molecular formula is C24H21F4N7O. The molecular weight excluding hydrogens is 478 g/mol. The summed E-state index contributed by atoms with van der Waals surface area (Å²) in [4.78, 5) is 12.1. The fourth-order valence-electron chi connectivity index (χ4n) is 3.63. The summed E-state index contributed by atoms with van der Waals surface area (Å²) in [7, 11) is 1.52. The smallest absolute Gasteiger partial charge is 0.334 e. The Kier molecular flexibility index (Phi) is 6.21. The minimum absolute atomic E-state index is 0.0375. The molecule has 2 aromatic carbocycles. The van der Waals surface area contributed by atoms with Crippen molar-refractivity contribution in [3.05, 3.63) is 76.9 Å². The molecule has 0 radical (unpaired) electrons. The number of aromatic nitrogens is 4. The van der Waals surface area contributed by atoms with Crippen LogP contribution in [0.25, 0.3) is 22.2 Å². The fraction of sp³-hybridized carbons (Fsp3) is 0.208. The Labute approximate surface area is 202 Å². The lowest BCUT2D eigenvalue weighted by Gasteiger charge is -2.20. The lowest BCUT2D eigenvalue weighted by atomic mass is 10.0. The van der Waals surface area contributed by atoms with Gasteiger partial charge in [-0.05, 0) is 50.2 Å². The number of rotatable bonds is 5. The molecule has 0 atom stereocenters. The van der Waals surface area contributed by atoms with Gasteiger partial charge in [-0.3, -0.25) is 20.3 Å². The number of alkyl halides is 2. The predicted octanol–water partition coefficient (Wildman–Crippen LogP) is 3.95. The normalized spacial score (nSPS) is 11.8. The average molecular weight is 499 g/mol. The fourth-order valence-corrected chi connectivity index (χ4v) is 3.63. The number of carbonyl (C=O) groups excluding carboxylic acids is 1. The van der Waals surface area contributed by atoms with Gasteiger partial charge in [0.1, 0.15) is 17.1 Å². The number of carbonyl (C=O) groups is 1. The van der Waals surface area contributed by atoms with Gasteiger partial charge in [-0.25, -0.2) is 8.78 Å². The maximum Gasteiger partial charge on any atom is 0.334 e. The molecule has 0 aliphatic carbocycles. The highest BCUT2D eigenvalue weighted by molar-refractivity contribution is 5.95. The highest BCUT2D eigenvalue weighted by Crippen LogP contribution is 2.34. The van der Waals surface area contributed by atoms with Crippen molar-refractivity contribution in [2.75, 3.05) is 0 Å². The van der Waals surface area contributed by atoms with Crippen LogP contribution >= 0.6 is 0 Å². The molecule has 2 heterocycles. The van der Waals surface area contributed by atoms with Crippen molar-refractivity contribution in [2.45, 2.75) is 25.8 Å². The summed E-state index contributed by atoms with van der Waals surface area (Å²) in [6.45, 7) is 3.45. The molecule has 8 nitrogen and oxygen atoms in total. The predicted molar refractivity (Wildman–Crippen MR) is 124 cm³/mol. The van der Waals surface area contributed by atoms with Crippen molar-refractivity contribution in [2.24, 2.45) is 7.05 Å². The van der Waals surface area contributed by atoms with E-state index >= 15 is 8.78 Å². The van der Waals surface area contributed by atoms with Crippen LogP contribution in [0.4, 0.5) is 17.6 Å². The molecule has 0 spiro atoms. The molecule has 36 heavy (non-hydrogen) atoms. The number of nitrogens with one attached hydrogen (secondary N) is 3. The van der Waals surface area contributed by atoms with E-state index in [1.165, 1.54) is 42.2 Å². The van der Waals surface area contributed by atoms with E-state index in [4.69, 9.17) is 10.8 Å². The number of aryl methyl sites for hydroxylation is 1. The zero-order chi connectivity index (χ0) is 26.4. The Morgan fingerprint density at radius 1 is 1.08 bits per heavy atom. The first-order valence-corrected chi connectivity index (χ1v) is 10.8. The first kappa shape index (κ1) is 24.8. The van der Waals surface area contributed by atoms with Crippen molar-refractivity contribution in [3.63, 3.8) is 0 Å². The van der Waals surface area contributed by atoms with E-state index in [2.05, 4.69) is 15.5 Å². The zero-order valence-electron chi connectivity index (χ0n) is 19.4. The second-order valence-electron chi connectivity index (χ2n) is 8.42. The van der Waals surface area contributed by atoms with Crippen LogP contribution in [0.3, 0.4) is 0 Å². The van der Waals surface area contributed by atoms with Gasteiger partial charge in [0.15, 0.2) is 5.84 Å². The van der Waals surface area contributed by atoms with E-state index in [1.54, 1.807) is 13.8 Å². The van der Waals surface area contributed by atoms with Crippen molar-refractivity contribution >= 4 is 22.6 Å². The molecule has 186 valence electrons. The van der Waals surface area contributed by atoms with Gasteiger partial charge in [-0.1, -0.05) is 6.07 Å². The monoisotopic (exact) mass is 499 g/mol. The molecule has 0 unspecified atom stereocenters.